The van der Waals surface area contributed by atoms with Crippen molar-refractivity contribution in [2.45, 2.75) is 45.1 Å². The van der Waals surface area contributed by atoms with Crippen LogP contribution in [0, 0.1) is 5.41 Å². The average Bonchev–Trinajstić information content (AvgIpc) is 2.65. The highest BCUT2D eigenvalue weighted by Gasteiger charge is 2.57. The zero-order valence-corrected chi connectivity index (χ0v) is 16.5. The summed E-state index contributed by atoms with van der Waals surface area (Å²) in [5, 5.41) is 10.5. The molecule has 1 fully saturated rings. The number of methoxy groups -OCH3 is 1. The number of carbonyl (C=O) groups is 1. The molecule has 27 heavy (non-hydrogen) atoms. The van der Waals surface area contributed by atoms with Crippen LogP contribution >= 0.6 is 0 Å². The van der Waals surface area contributed by atoms with Crippen molar-refractivity contribution in [1.29, 1.82) is 0 Å². The second-order valence-electron chi connectivity index (χ2n) is 8.55. The van der Waals surface area contributed by atoms with Gasteiger partial charge in [0.05, 0.1) is 7.11 Å². The maximum Gasteiger partial charge on any atom is 0.254 e. The molecule has 1 N–H and O–H groups in total. The van der Waals surface area contributed by atoms with Crippen LogP contribution in [0.3, 0.4) is 0 Å². The molecule has 1 unspecified atom stereocenters. The highest BCUT2D eigenvalue weighted by molar-refractivity contribution is 5.94. The Balaban J connectivity index is 1.74. The van der Waals surface area contributed by atoms with E-state index in [0.717, 1.165) is 24.3 Å². The van der Waals surface area contributed by atoms with E-state index in [1.807, 2.05) is 35.2 Å². The number of aromatic hydroxyl groups is 1. The number of ether oxygens (including phenoxy) is 1. The third-order valence-corrected chi connectivity index (χ3v) is 7.23. The normalized spacial score (nSPS) is 25.6. The maximum absolute atomic E-state index is 13.3. The van der Waals surface area contributed by atoms with Gasteiger partial charge in [-0.2, -0.15) is 0 Å². The number of hydrogen-bond donors (Lipinski definition) is 1. The van der Waals surface area contributed by atoms with Crippen LogP contribution in [0.25, 0.3) is 0 Å². The summed E-state index contributed by atoms with van der Waals surface area (Å²) in [6.07, 6.45) is 1.57. The number of hydrogen-bond acceptors (Lipinski definition) is 3. The molecule has 4 nitrogen and oxygen atoms in total. The van der Waals surface area contributed by atoms with Crippen LogP contribution in [0.1, 0.15) is 48.7 Å². The number of carbonyl (C=O) groups excluding carboxylic acids is 1. The van der Waals surface area contributed by atoms with E-state index in [9.17, 15) is 9.90 Å². The van der Waals surface area contributed by atoms with Gasteiger partial charge in [0.1, 0.15) is 11.5 Å². The van der Waals surface area contributed by atoms with E-state index in [4.69, 9.17) is 4.74 Å². The van der Waals surface area contributed by atoms with Gasteiger partial charge in [-0.05, 0) is 59.7 Å². The van der Waals surface area contributed by atoms with Crippen molar-refractivity contribution < 1.29 is 14.6 Å². The maximum atomic E-state index is 13.3. The number of fused-ring (bicyclic) bond motifs is 4. The second-order valence-corrected chi connectivity index (χ2v) is 8.55. The van der Waals surface area contributed by atoms with Gasteiger partial charge in [-0.1, -0.05) is 32.9 Å². The van der Waals surface area contributed by atoms with Crippen molar-refractivity contribution in [3.8, 4) is 11.5 Å². The van der Waals surface area contributed by atoms with Crippen LogP contribution < -0.4 is 4.74 Å². The van der Waals surface area contributed by atoms with Crippen molar-refractivity contribution in [2.75, 3.05) is 13.7 Å². The van der Waals surface area contributed by atoms with Crippen molar-refractivity contribution in [2.24, 2.45) is 5.41 Å². The molecule has 2 aromatic rings. The number of phenolic OH excluding ortho intramolecular Hbond substituents is 1. The van der Waals surface area contributed by atoms with E-state index >= 15 is 0 Å². The lowest BCUT2D eigenvalue weighted by Gasteiger charge is -2.60. The molecule has 2 aliphatic rings. The zero-order valence-electron chi connectivity index (χ0n) is 16.5. The highest BCUT2D eigenvalue weighted by Crippen LogP contribution is 2.57. The average molecular weight is 365 g/mol. The van der Waals surface area contributed by atoms with Crippen LogP contribution in [0.15, 0.2) is 42.5 Å². The molecule has 0 aromatic heterocycles. The number of phenols is 1. The molecule has 4 heteroatoms. The van der Waals surface area contributed by atoms with E-state index in [2.05, 4.69) is 26.8 Å². The topological polar surface area (TPSA) is 49.8 Å². The molecular formula is C23H27NO3. The summed E-state index contributed by atoms with van der Waals surface area (Å²) in [6.45, 7) is 7.54. The summed E-state index contributed by atoms with van der Waals surface area (Å²) in [6, 6.07) is 13.2. The Kier molecular flexibility index (Phi) is 3.99. The molecule has 2 bridgehead atoms. The predicted octanol–water partition coefficient (Wildman–Crippen LogP) is 4.16. The molecule has 1 saturated heterocycles. The number of likely N-dealkylation sites (tertiary alicyclic amines) is 1. The Hall–Kier alpha value is -2.49. The summed E-state index contributed by atoms with van der Waals surface area (Å²) < 4.78 is 5.21. The van der Waals surface area contributed by atoms with E-state index in [-0.39, 0.29) is 22.8 Å². The SMILES string of the molecule is COc1ccc(C(=O)N2CCC3(C)c4cccc(O)c4C[C@@H]2C3(C)C)cc1. The Morgan fingerprint density at radius 3 is 2.52 bits per heavy atom. The Morgan fingerprint density at radius 2 is 1.85 bits per heavy atom. The van der Waals surface area contributed by atoms with Gasteiger partial charge in [0.2, 0.25) is 0 Å². The first-order valence-electron chi connectivity index (χ1n) is 9.56. The van der Waals surface area contributed by atoms with Gasteiger partial charge in [0.25, 0.3) is 5.91 Å². The van der Waals surface area contributed by atoms with Gasteiger partial charge in [-0.15, -0.1) is 0 Å². The minimum absolute atomic E-state index is 0.0478. The summed E-state index contributed by atoms with van der Waals surface area (Å²) in [5.74, 6) is 1.14. The third-order valence-electron chi connectivity index (χ3n) is 7.23. The largest absolute Gasteiger partial charge is 0.508 e. The molecule has 0 saturated carbocycles. The summed E-state index contributed by atoms with van der Waals surface area (Å²) in [5.41, 5.74) is 2.75. The first-order chi connectivity index (χ1) is 12.8. The minimum Gasteiger partial charge on any atom is -0.508 e. The number of nitrogens with zero attached hydrogens (tertiary/aromatic N) is 1. The van der Waals surface area contributed by atoms with E-state index in [1.165, 1.54) is 5.56 Å². The number of amides is 1. The molecule has 0 radical (unpaired) electrons. The van der Waals surface area contributed by atoms with E-state index < -0.39 is 0 Å². The third kappa shape index (κ3) is 2.46. The van der Waals surface area contributed by atoms with E-state index in [0.29, 0.717) is 17.7 Å². The monoisotopic (exact) mass is 365 g/mol. The minimum atomic E-state index is -0.0891. The number of rotatable bonds is 2. The van der Waals surface area contributed by atoms with E-state index in [1.54, 1.807) is 13.2 Å². The molecule has 1 heterocycles. The fourth-order valence-electron chi connectivity index (χ4n) is 5.07. The van der Waals surface area contributed by atoms with Gasteiger partial charge in [-0.3, -0.25) is 4.79 Å². The molecule has 2 atom stereocenters. The zero-order chi connectivity index (χ0) is 19.4. The van der Waals surface area contributed by atoms with Gasteiger partial charge in [-0.25, -0.2) is 0 Å². The smallest absolute Gasteiger partial charge is 0.254 e. The predicted molar refractivity (Wildman–Crippen MR) is 105 cm³/mol. The number of benzene rings is 2. The van der Waals surface area contributed by atoms with Crippen LogP contribution in [0.2, 0.25) is 0 Å². The molecule has 4 rings (SSSR count). The fourth-order valence-corrected chi connectivity index (χ4v) is 5.07. The summed E-state index contributed by atoms with van der Waals surface area (Å²) in [7, 11) is 1.62. The summed E-state index contributed by atoms with van der Waals surface area (Å²) >= 11 is 0. The molecule has 0 spiro atoms. The van der Waals surface area contributed by atoms with Crippen molar-refractivity contribution >= 4 is 5.91 Å². The lowest BCUT2D eigenvalue weighted by molar-refractivity contribution is -0.0266. The van der Waals surface area contributed by atoms with Crippen molar-refractivity contribution in [3.63, 3.8) is 0 Å². The molecule has 1 amide bonds. The van der Waals surface area contributed by atoms with Crippen molar-refractivity contribution in [1.82, 2.24) is 4.90 Å². The lowest BCUT2D eigenvalue weighted by Crippen LogP contribution is -2.64. The van der Waals surface area contributed by atoms with Crippen LogP contribution in [0.4, 0.5) is 0 Å². The van der Waals surface area contributed by atoms with Gasteiger partial charge >= 0.3 is 0 Å². The van der Waals surface area contributed by atoms with Gasteiger partial charge < -0.3 is 14.7 Å². The fraction of sp³-hybridized carbons (Fsp3) is 0.435. The van der Waals surface area contributed by atoms with Gasteiger partial charge in [0.15, 0.2) is 0 Å². The van der Waals surface area contributed by atoms with Crippen LogP contribution in [0.5, 0.6) is 11.5 Å². The quantitative estimate of drug-likeness (QED) is 0.869. The van der Waals surface area contributed by atoms with Crippen LogP contribution in [-0.4, -0.2) is 35.6 Å². The summed E-state index contributed by atoms with van der Waals surface area (Å²) in [4.78, 5) is 15.3. The molecular weight excluding hydrogens is 338 g/mol. The molecule has 142 valence electrons. The highest BCUT2D eigenvalue weighted by atomic mass is 16.5. The standard InChI is InChI=1S/C23H27NO3/c1-22(2)20-14-17-18(6-5-7-19(17)25)23(22,3)12-13-24(20)21(26)15-8-10-16(27-4)11-9-15/h5-11,20,25H,12-14H2,1-4H3/t20-,23?/m1/s1. The molecule has 1 aliphatic heterocycles. The Bertz CT molecular complexity index is 887. The lowest BCUT2D eigenvalue weighted by atomic mass is 9.51. The van der Waals surface area contributed by atoms with Crippen LogP contribution in [-0.2, 0) is 11.8 Å². The first-order valence-corrected chi connectivity index (χ1v) is 9.56. The number of piperidine rings is 1. The molecule has 1 aliphatic carbocycles. The van der Waals surface area contributed by atoms with Crippen molar-refractivity contribution in [3.05, 3.63) is 59.2 Å². The molecule has 2 aromatic carbocycles. The first kappa shape index (κ1) is 17.9. The van der Waals surface area contributed by atoms with Gasteiger partial charge in [0, 0.05) is 23.6 Å². The second kappa shape index (κ2) is 6.01. The Morgan fingerprint density at radius 1 is 1.15 bits per heavy atom. The Labute approximate surface area is 160 Å².